The molecule has 190 valence electrons. The van der Waals surface area contributed by atoms with Gasteiger partial charge in [-0.15, -0.1) is 0 Å². The molecule has 0 aromatic heterocycles. The van der Waals surface area contributed by atoms with E-state index in [-0.39, 0.29) is 24.2 Å². The number of rotatable bonds is 8. The second kappa shape index (κ2) is 11.9. The molecule has 2 atom stereocenters. The minimum atomic E-state index is -1.02. The zero-order valence-electron chi connectivity index (χ0n) is 20.3. The normalized spacial score (nSPS) is 18.6. The molecule has 0 radical (unpaired) electrons. The van der Waals surface area contributed by atoms with Gasteiger partial charge in [0.1, 0.15) is 23.9 Å². The molecule has 4 rings (SSSR count). The molecule has 1 fully saturated rings. The van der Waals surface area contributed by atoms with Crippen LogP contribution in [0.4, 0.5) is 14.5 Å². The third-order valence-corrected chi connectivity index (χ3v) is 6.64. The molecular formula is C28H32F2N4O2. The molecule has 1 aliphatic carbocycles. The van der Waals surface area contributed by atoms with Crippen LogP contribution < -0.4 is 20.9 Å². The Morgan fingerprint density at radius 3 is 2.58 bits per heavy atom. The highest BCUT2D eigenvalue weighted by Crippen LogP contribution is 2.31. The summed E-state index contributed by atoms with van der Waals surface area (Å²) < 4.78 is 28.5. The maximum Gasteiger partial charge on any atom is 0.248 e. The van der Waals surface area contributed by atoms with E-state index in [4.69, 9.17) is 0 Å². The first kappa shape index (κ1) is 25.6. The van der Waals surface area contributed by atoms with E-state index in [1.54, 1.807) is 12.3 Å². The Morgan fingerprint density at radius 1 is 1.08 bits per heavy atom. The van der Waals surface area contributed by atoms with Crippen LogP contribution in [0, 0.1) is 12.7 Å². The lowest BCUT2D eigenvalue weighted by Gasteiger charge is -2.34. The molecule has 3 N–H and O–H groups in total. The number of dihydropyridines is 1. The van der Waals surface area contributed by atoms with Gasteiger partial charge in [-0.05, 0) is 67.4 Å². The van der Waals surface area contributed by atoms with E-state index in [0.717, 1.165) is 37.7 Å². The van der Waals surface area contributed by atoms with E-state index in [1.807, 2.05) is 31.2 Å². The topological polar surface area (TPSA) is 73.5 Å². The fraction of sp³-hybridized carbons (Fsp3) is 0.357. The monoisotopic (exact) mass is 494 g/mol. The molecular weight excluding hydrogens is 462 g/mol. The number of benzene rings is 2. The summed E-state index contributed by atoms with van der Waals surface area (Å²) in [5.41, 5.74) is 1.73. The molecule has 2 unspecified atom stereocenters. The van der Waals surface area contributed by atoms with Crippen LogP contribution in [0.2, 0.25) is 0 Å². The lowest BCUT2D eigenvalue weighted by atomic mass is 9.93. The Balaban J connectivity index is 1.69. The van der Waals surface area contributed by atoms with Crippen molar-refractivity contribution in [3.63, 3.8) is 0 Å². The molecule has 0 bridgehead atoms. The summed E-state index contributed by atoms with van der Waals surface area (Å²) in [5, 5.41) is 8.81. The molecule has 2 aromatic rings. The van der Waals surface area contributed by atoms with Crippen LogP contribution >= 0.6 is 0 Å². The quantitative estimate of drug-likeness (QED) is 0.504. The second-order valence-corrected chi connectivity index (χ2v) is 9.24. The molecule has 1 aliphatic heterocycles. The van der Waals surface area contributed by atoms with Crippen LogP contribution in [0.5, 0.6) is 0 Å². The van der Waals surface area contributed by atoms with E-state index >= 15 is 0 Å². The highest BCUT2D eigenvalue weighted by molar-refractivity contribution is 6.02. The first-order valence-electron chi connectivity index (χ1n) is 12.4. The van der Waals surface area contributed by atoms with Gasteiger partial charge in [0.25, 0.3) is 0 Å². The van der Waals surface area contributed by atoms with Crippen molar-refractivity contribution >= 4 is 17.5 Å². The third-order valence-electron chi connectivity index (χ3n) is 6.64. The van der Waals surface area contributed by atoms with Gasteiger partial charge >= 0.3 is 0 Å². The predicted molar refractivity (Wildman–Crippen MR) is 136 cm³/mol. The van der Waals surface area contributed by atoms with Crippen LogP contribution in [0.15, 0.2) is 72.7 Å². The predicted octanol–water partition coefficient (Wildman–Crippen LogP) is 4.54. The van der Waals surface area contributed by atoms with Crippen molar-refractivity contribution in [3.8, 4) is 0 Å². The van der Waals surface area contributed by atoms with E-state index in [1.165, 1.54) is 35.3 Å². The van der Waals surface area contributed by atoms with Gasteiger partial charge in [-0.3, -0.25) is 19.8 Å². The molecule has 8 heteroatoms. The number of halogens is 2. The van der Waals surface area contributed by atoms with Crippen LogP contribution in [0.1, 0.15) is 49.3 Å². The molecule has 2 amide bonds. The Bertz CT molecular complexity index is 1140. The molecule has 6 nitrogen and oxygen atoms in total. The Morgan fingerprint density at radius 2 is 1.86 bits per heavy atom. The van der Waals surface area contributed by atoms with Gasteiger partial charge in [0.05, 0.1) is 6.54 Å². The highest BCUT2D eigenvalue weighted by atomic mass is 19.1. The van der Waals surface area contributed by atoms with Crippen molar-refractivity contribution in [2.24, 2.45) is 0 Å². The van der Waals surface area contributed by atoms with Gasteiger partial charge in [0.15, 0.2) is 0 Å². The average Bonchev–Trinajstić information content (AvgIpc) is 2.87. The Hall–Kier alpha value is -3.52. The van der Waals surface area contributed by atoms with Crippen LogP contribution in [-0.2, 0) is 9.59 Å². The summed E-state index contributed by atoms with van der Waals surface area (Å²) in [6.07, 6.45) is 8.51. The van der Waals surface area contributed by atoms with Gasteiger partial charge in [0.2, 0.25) is 11.8 Å². The van der Waals surface area contributed by atoms with Crippen molar-refractivity contribution in [3.05, 3.63) is 89.7 Å². The van der Waals surface area contributed by atoms with Crippen molar-refractivity contribution in [2.45, 2.75) is 57.3 Å². The second-order valence-electron chi connectivity index (χ2n) is 9.24. The van der Waals surface area contributed by atoms with E-state index in [0.29, 0.717) is 5.56 Å². The van der Waals surface area contributed by atoms with Gasteiger partial charge in [-0.25, -0.2) is 8.78 Å². The maximum atomic E-state index is 14.3. The number of carbonyl (C=O) groups excluding carboxylic acids is 2. The minimum absolute atomic E-state index is 0.0258. The smallest absolute Gasteiger partial charge is 0.248 e. The number of hydrogen-bond donors (Lipinski definition) is 3. The van der Waals surface area contributed by atoms with Crippen molar-refractivity contribution < 1.29 is 18.4 Å². The molecule has 2 aromatic carbocycles. The summed E-state index contributed by atoms with van der Waals surface area (Å²) in [6.45, 7) is 1.60. The number of nitrogens with one attached hydrogen (secondary N) is 3. The van der Waals surface area contributed by atoms with Gasteiger partial charge in [-0.1, -0.05) is 49.6 Å². The zero-order valence-corrected chi connectivity index (χ0v) is 20.3. The molecule has 36 heavy (non-hydrogen) atoms. The molecule has 2 aliphatic rings. The van der Waals surface area contributed by atoms with E-state index < -0.39 is 29.8 Å². The summed E-state index contributed by atoms with van der Waals surface area (Å²) >= 11 is 0. The fourth-order valence-electron chi connectivity index (χ4n) is 4.78. The average molecular weight is 495 g/mol. The summed E-state index contributed by atoms with van der Waals surface area (Å²) in [4.78, 5) is 28.8. The summed E-state index contributed by atoms with van der Waals surface area (Å²) in [6, 6.07) is 12.0. The summed E-state index contributed by atoms with van der Waals surface area (Å²) in [5.74, 6) is -1.80. The first-order valence-corrected chi connectivity index (χ1v) is 12.4. The zero-order chi connectivity index (χ0) is 25.5. The number of anilines is 1. The first-order chi connectivity index (χ1) is 17.4. The SMILES string of the molecule is Cc1ccccc1C(C(=O)NC1CCCCC1)N(C(=O)CNC1NC=CC=C1F)c1cccc(F)c1. The summed E-state index contributed by atoms with van der Waals surface area (Å²) in [7, 11) is 0. The van der Waals surface area contributed by atoms with Gasteiger partial charge in [-0.2, -0.15) is 0 Å². The van der Waals surface area contributed by atoms with E-state index in [2.05, 4.69) is 16.0 Å². The number of nitrogens with zero attached hydrogens (tertiary/aromatic N) is 1. The number of allylic oxidation sites excluding steroid dienone is 2. The van der Waals surface area contributed by atoms with Crippen molar-refractivity contribution in [1.82, 2.24) is 16.0 Å². The largest absolute Gasteiger partial charge is 0.370 e. The lowest BCUT2D eigenvalue weighted by Crippen LogP contribution is -2.51. The molecule has 1 heterocycles. The molecule has 0 spiro atoms. The number of hydrogen-bond acceptors (Lipinski definition) is 4. The van der Waals surface area contributed by atoms with Crippen molar-refractivity contribution in [1.29, 1.82) is 0 Å². The van der Waals surface area contributed by atoms with Gasteiger partial charge < -0.3 is 10.6 Å². The number of carbonyl (C=O) groups is 2. The van der Waals surface area contributed by atoms with Crippen LogP contribution in [0.25, 0.3) is 0 Å². The maximum absolute atomic E-state index is 14.3. The number of amides is 2. The molecule has 0 saturated heterocycles. The van der Waals surface area contributed by atoms with E-state index in [9.17, 15) is 18.4 Å². The Kier molecular flexibility index (Phi) is 8.48. The standard InChI is InChI=1S/C28H32F2N4O2/c1-19-9-5-6-14-23(19)26(28(36)33-21-11-3-2-4-12-21)34(22-13-7-10-20(29)17-22)25(35)18-32-27-24(30)15-8-16-31-27/h5-10,13-17,21,26-27,31-32H,2-4,11-12,18H2,1H3,(H,33,36). The fourth-order valence-corrected chi connectivity index (χ4v) is 4.78. The number of aryl methyl sites for hydroxylation is 1. The Labute approximate surface area is 210 Å². The highest BCUT2D eigenvalue weighted by Gasteiger charge is 2.35. The molecule has 1 saturated carbocycles. The third kappa shape index (κ3) is 6.18. The van der Waals surface area contributed by atoms with Gasteiger partial charge in [0, 0.05) is 11.7 Å². The lowest BCUT2D eigenvalue weighted by molar-refractivity contribution is -0.127. The van der Waals surface area contributed by atoms with Crippen molar-refractivity contribution in [2.75, 3.05) is 11.4 Å². The van der Waals surface area contributed by atoms with Crippen LogP contribution in [0.3, 0.4) is 0 Å². The van der Waals surface area contributed by atoms with Crippen LogP contribution in [-0.4, -0.2) is 30.6 Å². The minimum Gasteiger partial charge on any atom is -0.370 e.